The van der Waals surface area contributed by atoms with Gasteiger partial charge in [0.1, 0.15) is 12.4 Å². The van der Waals surface area contributed by atoms with Crippen molar-refractivity contribution in [2.24, 2.45) is 0 Å². The molecule has 3 nitrogen and oxygen atoms in total. The average Bonchev–Trinajstić information content (AvgIpc) is 2.75. The predicted octanol–water partition coefficient (Wildman–Crippen LogP) is -0.671. The molecule has 1 aromatic carbocycles. The average molecular weight is 308 g/mol. The zero-order valence-electron chi connectivity index (χ0n) is 11.4. The van der Waals surface area contributed by atoms with Gasteiger partial charge in [-0.15, -0.1) is 0 Å². The third-order valence-electron chi connectivity index (χ3n) is 2.79. The number of para-hydroxylation sites is 1. The fourth-order valence-electron chi connectivity index (χ4n) is 1.78. The summed E-state index contributed by atoms with van der Waals surface area (Å²) in [4.78, 5) is 4.03. The number of benzene rings is 1. The van der Waals surface area contributed by atoms with Crippen LogP contribution >= 0.6 is 0 Å². The van der Waals surface area contributed by atoms with Crippen LogP contribution in [0.5, 0.6) is 5.75 Å². The van der Waals surface area contributed by atoms with Gasteiger partial charge in [0.2, 0.25) is 0 Å². The summed E-state index contributed by atoms with van der Waals surface area (Å²) in [5.74, 6) is 0.685. The maximum absolute atomic E-state index is 12.8. The molecule has 2 rings (SSSR count). The first kappa shape index (κ1) is 17.8. The number of rotatable bonds is 5. The monoisotopic (exact) mass is 308 g/mol. The van der Waals surface area contributed by atoms with E-state index in [2.05, 4.69) is 4.98 Å². The molecule has 0 aliphatic rings. The zero-order valence-corrected chi connectivity index (χ0v) is 14.5. The van der Waals surface area contributed by atoms with Crippen molar-refractivity contribution in [1.82, 2.24) is 9.55 Å². The zero-order chi connectivity index (χ0) is 13.9. The van der Waals surface area contributed by atoms with E-state index in [1.807, 2.05) is 11.5 Å². The van der Waals surface area contributed by atoms with Crippen molar-refractivity contribution in [3.63, 3.8) is 0 Å². The Morgan fingerprint density at radius 2 is 1.95 bits per heavy atom. The van der Waals surface area contributed by atoms with Gasteiger partial charge in [-0.3, -0.25) is 0 Å². The summed E-state index contributed by atoms with van der Waals surface area (Å²) in [5.41, 5.74) is -0.690. The van der Waals surface area contributed by atoms with Crippen molar-refractivity contribution >= 4 is 12.4 Å². The Morgan fingerprint density at radius 3 is 2.55 bits per heavy atom. The van der Waals surface area contributed by atoms with E-state index in [1.165, 1.54) is 18.2 Å². The molecule has 20 heavy (non-hydrogen) atoms. The number of hydrogen-bond acceptors (Lipinski definition) is 2. The topological polar surface area (TPSA) is 27.1 Å². The quantitative estimate of drug-likeness (QED) is 0.685. The van der Waals surface area contributed by atoms with Gasteiger partial charge in [-0.2, -0.15) is 0 Å². The van der Waals surface area contributed by atoms with Gasteiger partial charge in [0, 0.05) is 12.4 Å². The molecule has 0 atom stereocenters. The molecule has 8 heteroatoms. The van der Waals surface area contributed by atoms with Crippen LogP contribution in [0.15, 0.2) is 36.7 Å². The Labute approximate surface area is 158 Å². The van der Waals surface area contributed by atoms with Crippen LogP contribution in [0.25, 0.3) is 0 Å². The third kappa shape index (κ3) is 4.63. The molecular formula is C12H13BF3KN2O. The first-order valence-electron chi connectivity index (χ1n) is 5.88. The predicted molar refractivity (Wildman–Crippen MR) is 67.6 cm³/mol. The molecule has 0 aliphatic carbocycles. The SMILES string of the molecule is Cc1nccn1CCOc1ccccc1[B-](F)(F)F.[K+]. The van der Waals surface area contributed by atoms with Crippen molar-refractivity contribution < 1.29 is 69.1 Å². The number of nitrogens with zero attached hydrogens (tertiary/aromatic N) is 2. The van der Waals surface area contributed by atoms with E-state index < -0.39 is 12.4 Å². The molecule has 102 valence electrons. The Kier molecular flexibility index (Phi) is 6.80. The summed E-state index contributed by atoms with van der Waals surface area (Å²) in [6.45, 7) is -2.60. The van der Waals surface area contributed by atoms with E-state index in [-0.39, 0.29) is 63.7 Å². The van der Waals surface area contributed by atoms with E-state index in [0.29, 0.717) is 6.54 Å². The Morgan fingerprint density at radius 1 is 1.25 bits per heavy atom. The maximum atomic E-state index is 12.8. The molecule has 1 aromatic heterocycles. The van der Waals surface area contributed by atoms with Crippen molar-refractivity contribution in [1.29, 1.82) is 0 Å². The molecule has 0 saturated heterocycles. The van der Waals surface area contributed by atoms with Gasteiger partial charge in [-0.05, 0) is 13.0 Å². The minimum absolute atomic E-state index is 0. The Hall–Kier alpha value is -0.279. The third-order valence-corrected chi connectivity index (χ3v) is 2.79. The molecule has 0 radical (unpaired) electrons. The summed E-state index contributed by atoms with van der Waals surface area (Å²) < 4.78 is 45.4. The molecule has 2 aromatic rings. The number of imidazole rings is 1. The minimum atomic E-state index is -5.05. The molecule has 0 bridgehead atoms. The first-order valence-corrected chi connectivity index (χ1v) is 5.88. The van der Waals surface area contributed by atoms with Crippen LogP contribution in [-0.2, 0) is 6.54 Å². The van der Waals surface area contributed by atoms with Crippen LogP contribution in [0.4, 0.5) is 12.9 Å². The minimum Gasteiger partial charge on any atom is -0.495 e. The van der Waals surface area contributed by atoms with E-state index in [9.17, 15) is 12.9 Å². The molecule has 0 unspecified atom stereocenters. The van der Waals surface area contributed by atoms with Crippen LogP contribution in [0.2, 0.25) is 0 Å². The molecule has 0 spiro atoms. The Balaban J connectivity index is 0.00000200. The van der Waals surface area contributed by atoms with Crippen molar-refractivity contribution in [3.8, 4) is 5.75 Å². The smallest absolute Gasteiger partial charge is 0.495 e. The second kappa shape index (κ2) is 7.65. The summed E-state index contributed by atoms with van der Waals surface area (Å²) in [5, 5.41) is 0. The normalized spacial score (nSPS) is 11.0. The second-order valence-electron chi connectivity index (χ2n) is 4.13. The van der Waals surface area contributed by atoms with E-state index in [4.69, 9.17) is 4.74 Å². The molecule has 1 heterocycles. The van der Waals surface area contributed by atoms with Crippen LogP contribution < -0.4 is 61.6 Å². The van der Waals surface area contributed by atoms with Crippen molar-refractivity contribution in [2.45, 2.75) is 13.5 Å². The van der Waals surface area contributed by atoms with E-state index in [0.717, 1.165) is 11.9 Å². The fraction of sp³-hybridized carbons (Fsp3) is 0.250. The molecule has 0 saturated carbocycles. The Bertz CT molecular complexity index is 560. The van der Waals surface area contributed by atoms with Gasteiger partial charge >= 0.3 is 58.4 Å². The maximum Gasteiger partial charge on any atom is 1.00 e. The summed E-state index contributed by atoms with van der Waals surface area (Å²) >= 11 is 0. The summed E-state index contributed by atoms with van der Waals surface area (Å²) in [7, 11) is 0. The van der Waals surface area contributed by atoms with Crippen LogP contribution in [0.3, 0.4) is 0 Å². The standard InChI is InChI=1S/C12H13BF3N2O.K/c1-10-17-6-7-18(10)8-9-19-12-5-3-2-4-11(12)13(14,15)16;/h2-7H,8-9H2,1H3;/q-1;+1. The molecule has 0 N–H and O–H groups in total. The summed E-state index contributed by atoms with van der Waals surface area (Å²) in [6, 6.07) is 5.27. The van der Waals surface area contributed by atoms with Crippen LogP contribution in [0, 0.1) is 6.92 Å². The molecule has 0 aliphatic heterocycles. The van der Waals surface area contributed by atoms with Gasteiger partial charge in [0.15, 0.2) is 0 Å². The van der Waals surface area contributed by atoms with Crippen molar-refractivity contribution in [2.75, 3.05) is 6.61 Å². The van der Waals surface area contributed by atoms with E-state index >= 15 is 0 Å². The number of aromatic nitrogens is 2. The molecule has 0 amide bonds. The number of ether oxygens (including phenoxy) is 1. The first-order chi connectivity index (χ1) is 8.98. The fourth-order valence-corrected chi connectivity index (χ4v) is 1.78. The summed E-state index contributed by atoms with van der Waals surface area (Å²) in [6.07, 6.45) is 3.40. The van der Waals surface area contributed by atoms with Gasteiger partial charge in [-0.1, -0.05) is 23.7 Å². The van der Waals surface area contributed by atoms with Gasteiger partial charge in [0.25, 0.3) is 0 Å². The van der Waals surface area contributed by atoms with Crippen molar-refractivity contribution in [3.05, 3.63) is 42.5 Å². The number of aryl methyl sites for hydroxylation is 1. The van der Waals surface area contributed by atoms with Gasteiger partial charge < -0.3 is 22.3 Å². The number of hydrogen-bond donors (Lipinski definition) is 0. The van der Waals surface area contributed by atoms with Gasteiger partial charge in [-0.25, -0.2) is 4.98 Å². The van der Waals surface area contributed by atoms with Crippen LogP contribution in [-0.4, -0.2) is 23.1 Å². The van der Waals surface area contributed by atoms with E-state index in [1.54, 1.807) is 12.4 Å². The van der Waals surface area contributed by atoms with Crippen LogP contribution in [0.1, 0.15) is 5.82 Å². The number of halogens is 3. The largest absolute Gasteiger partial charge is 1.00 e. The molecular weight excluding hydrogens is 295 g/mol. The second-order valence-corrected chi connectivity index (χ2v) is 4.13. The van der Waals surface area contributed by atoms with Gasteiger partial charge in [0.05, 0.1) is 12.3 Å². The molecule has 0 fully saturated rings.